The molecule has 1 aliphatic rings. The highest BCUT2D eigenvalue weighted by Gasteiger charge is 2.59. The molecule has 1 saturated heterocycles. The molecular formula is C12H13N3O7S. The number of hydrogen-bond donors (Lipinski definition) is 3. The number of nitrogens with two attached hydrogens (primary N) is 1. The molecule has 2 unspecified atom stereocenters. The smallest absolute Gasteiger partial charge is 0.362 e. The minimum absolute atomic E-state index is 0.00323. The van der Waals surface area contributed by atoms with E-state index in [9.17, 15) is 22.8 Å². The number of carbonyl (C=O) groups is 3. The third-order valence-electron chi connectivity index (χ3n) is 3.13. The van der Waals surface area contributed by atoms with Crippen LogP contribution in [-0.4, -0.2) is 41.0 Å². The molecule has 0 spiro atoms. The van der Waals surface area contributed by atoms with Crippen molar-refractivity contribution in [2.75, 3.05) is 0 Å². The van der Waals surface area contributed by atoms with Crippen molar-refractivity contribution in [3.05, 3.63) is 35.9 Å². The zero-order valence-corrected chi connectivity index (χ0v) is 12.4. The van der Waals surface area contributed by atoms with Gasteiger partial charge < -0.3 is 5.73 Å². The number of β-lactam (4-membered cyclic amide) rings is 1. The molecule has 3 amide bonds. The molecule has 124 valence electrons. The van der Waals surface area contributed by atoms with E-state index in [-0.39, 0.29) is 10.9 Å². The van der Waals surface area contributed by atoms with Gasteiger partial charge in [0.05, 0.1) is 6.61 Å². The molecule has 2 atom stereocenters. The van der Waals surface area contributed by atoms with Crippen molar-refractivity contribution in [1.82, 2.24) is 9.79 Å². The molecule has 0 aromatic heterocycles. The Bertz CT molecular complexity index is 734. The maximum Gasteiger partial charge on any atom is 0.362 e. The van der Waals surface area contributed by atoms with Crippen molar-refractivity contribution in [3.8, 4) is 0 Å². The van der Waals surface area contributed by atoms with E-state index in [1.54, 1.807) is 30.3 Å². The fourth-order valence-corrected chi connectivity index (χ4v) is 2.94. The number of carbonyl (C=O) groups excluding carboxylic acids is 3. The minimum Gasteiger partial charge on any atom is -0.368 e. The van der Waals surface area contributed by atoms with E-state index < -0.39 is 40.0 Å². The number of hydrogen-bond acceptors (Lipinski definition) is 6. The summed E-state index contributed by atoms with van der Waals surface area (Å²) in [5, 5.41) is 0. The number of primary amides is 1. The van der Waals surface area contributed by atoms with Gasteiger partial charge in [0.1, 0.15) is 6.04 Å². The molecule has 1 aliphatic heterocycles. The fourth-order valence-electron chi connectivity index (χ4n) is 2.08. The van der Waals surface area contributed by atoms with Crippen LogP contribution in [0.25, 0.3) is 0 Å². The standard InChI is InChI=1S/C12H13N3O7S/c13-10(16)9-8(12(18)15(9)23(19,20)21)11(17)14-22-6-7-4-2-1-3-5-7/h1-5,8-9H,6H2,(H2,13,16)(H,14,17)(H,19,20,21). The van der Waals surface area contributed by atoms with Crippen LogP contribution in [0.4, 0.5) is 0 Å². The number of nitrogens with zero attached hydrogens (tertiary/aromatic N) is 1. The lowest BCUT2D eigenvalue weighted by Crippen LogP contribution is -2.70. The largest absolute Gasteiger partial charge is 0.368 e. The Morgan fingerprint density at radius 3 is 2.43 bits per heavy atom. The van der Waals surface area contributed by atoms with Crippen LogP contribution in [0.3, 0.4) is 0 Å². The quantitative estimate of drug-likeness (QED) is 0.242. The van der Waals surface area contributed by atoms with Gasteiger partial charge in [-0.1, -0.05) is 30.3 Å². The van der Waals surface area contributed by atoms with E-state index in [1.807, 2.05) is 5.48 Å². The predicted octanol–water partition coefficient (Wildman–Crippen LogP) is -1.65. The summed E-state index contributed by atoms with van der Waals surface area (Å²) in [7, 11) is -4.98. The third kappa shape index (κ3) is 3.47. The van der Waals surface area contributed by atoms with E-state index in [2.05, 4.69) is 0 Å². The van der Waals surface area contributed by atoms with E-state index in [1.165, 1.54) is 0 Å². The molecule has 1 aromatic rings. The second-order valence-electron chi connectivity index (χ2n) is 4.68. The molecule has 23 heavy (non-hydrogen) atoms. The highest BCUT2D eigenvalue weighted by Crippen LogP contribution is 2.29. The number of nitrogens with one attached hydrogen (secondary N) is 1. The Hall–Kier alpha value is -2.50. The van der Waals surface area contributed by atoms with Gasteiger partial charge in [-0.2, -0.15) is 8.42 Å². The SMILES string of the molecule is NC(=O)C1C(C(=O)NOCc2ccccc2)C(=O)N1S(=O)(=O)O. The van der Waals surface area contributed by atoms with Crippen molar-refractivity contribution >= 4 is 28.0 Å². The maximum absolute atomic E-state index is 11.8. The van der Waals surface area contributed by atoms with Crippen LogP contribution >= 0.6 is 0 Å². The van der Waals surface area contributed by atoms with Crippen molar-refractivity contribution in [3.63, 3.8) is 0 Å². The van der Waals surface area contributed by atoms with E-state index >= 15 is 0 Å². The van der Waals surface area contributed by atoms with Gasteiger partial charge in [0.15, 0.2) is 5.92 Å². The number of rotatable bonds is 6. The van der Waals surface area contributed by atoms with Gasteiger partial charge in [0, 0.05) is 0 Å². The molecule has 0 bridgehead atoms. The molecule has 1 fully saturated rings. The van der Waals surface area contributed by atoms with Crippen LogP contribution in [0.1, 0.15) is 5.56 Å². The normalized spacial score (nSPS) is 20.7. The van der Waals surface area contributed by atoms with Crippen molar-refractivity contribution in [2.45, 2.75) is 12.6 Å². The Kier molecular flexibility index (Phi) is 4.63. The summed E-state index contributed by atoms with van der Waals surface area (Å²) in [6.45, 7) is -0.00323. The second kappa shape index (κ2) is 6.32. The number of benzene rings is 1. The Labute approximate surface area is 131 Å². The predicted molar refractivity (Wildman–Crippen MR) is 74.2 cm³/mol. The lowest BCUT2D eigenvalue weighted by molar-refractivity contribution is -0.164. The van der Waals surface area contributed by atoms with Gasteiger partial charge in [0.2, 0.25) is 5.91 Å². The summed E-state index contributed by atoms with van der Waals surface area (Å²) in [6, 6.07) is 6.96. The third-order valence-corrected chi connectivity index (χ3v) is 4.03. The van der Waals surface area contributed by atoms with Crippen LogP contribution in [0.15, 0.2) is 30.3 Å². The molecule has 1 aromatic carbocycles. The van der Waals surface area contributed by atoms with Crippen molar-refractivity contribution in [1.29, 1.82) is 0 Å². The Morgan fingerprint density at radius 1 is 1.30 bits per heavy atom. The van der Waals surface area contributed by atoms with Gasteiger partial charge in [-0.05, 0) is 5.56 Å². The molecular weight excluding hydrogens is 330 g/mol. The lowest BCUT2D eigenvalue weighted by atomic mass is 9.89. The minimum atomic E-state index is -4.98. The molecule has 0 saturated carbocycles. The van der Waals surface area contributed by atoms with Gasteiger partial charge in [0.25, 0.3) is 11.8 Å². The average Bonchev–Trinajstić information content (AvgIpc) is 2.43. The molecule has 2 rings (SSSR count). The van der Waals surface area contributed by atoms with Crippen LogP contribution < -0.4 is 11.2 Å². The monoisotopic (exact) mass is 343 g/mol. The second-order valence-corrected chi connectivity index (χ2v) is 5.97. The topological polar surface area (TPSA) is 156 Å². The maximum atomic E-state index is 11.8. The Morgan fingerprint density at radius 2 is 1.91 bits per heavy atom. The van der Waals surface area contributed by atoms with Crippen molar-refractivity contribution < 1.29 is 32.2 Å². The van der Waals surface area contributed by atoms with Crippen LogP contribution in [0, 0.1) is 5.92 Å². The molecule has 0 aliphatic carbocycles. The first-order valence-corrected chi connectivity index (χ1v) is 7.68. The summed E-state index contributed by atoms with van der Waals surface area (Å²) in [5.41, 5.74) is 7.65. The number of amides is 3. The average molecular weight is 343 g/mol. The van der Waals surface area contributed by atoms with Gasteiger partial charge in [-0.15, -0.1) is 0 Å². The Balaban J connectivity index is 1.99. The summed E-state index contributed by atoms with van der Waals surface area (Å²) < 4.78 is 30.7. The van der Waals surface area contributed by atoms with E-state index in [0.717, 1.165) is 5.56 Å². The first-order valence-electron chi connectivity index (χ1n) is 6.29. The molecule has 11 heteroatoms. The summed E-state index contributed by atoms with van der Waals surface area (Å²) >= 11 is 0. The lowest BCUT2D eigenvalue weighted by Gasteiger charge is -2.40. The van der Waals surface area contributed by atoms with Crippen LogP contribution in [-0.2, 0) is 36.1 Å². The number of hydroxylamine groups is 1. The first kappa shape index (κ1) is 16.9. The summed E-state index contributed by atoms with van der Waals surface area (Å²) in [6.07, 6.45) is 0. The summed E-state index contributed by atoms with van der Waals surface area (Å²) in [5.74, 6) is -5.22. The van der Waals surface area contributed by atoms with Crippen LogP contribution in [0.5, 0.6) is 0 Å². The molecule has 4 N–H and O–H groups in total. The highest BCUT2D eigenvalue weighted by atomic mass is 32.2. The molecule has 0 radical (unpaired) electrons. The zero-order chi connectivity index (χ0) is 17.2. The van der Waals surface area contributed by atoms with Crippen LogP contribution in [0.2, 0.25) is 0 Å². The van der Waals surface area contributed by atoms with Gasteiger partial charge >= 0.3 is 10.3 Å². The highest BCUT2D eigenvalue weighted by molar-refractivity contribution is 7.84. The zero-order valence-electron chi connectivity index (χ0n) is 11.6. The fraction of sp³-hybridized carbons (Fsp3) is 0.250. The molecule has 10 nitrogen and oxygen atoms in total. The van der Waals surface area contributed by atoms with E-state index in [0.29, 0.717) is 0 Å². The molecule has 1 heterocycles. The van der Waals surface area contributed by atoms with Crippen molar-refractivity contribution in [2.24, 2.45) is 11.7 Å². The first-order chi connectivity index (χ1) is 10.7. The van der Waals surface area contributed by atoms with Gasteiger partial charge in [-0.3, -0.25) is 23.8 Å². The van der Waals surface area contributed by atoms with Gasteiger partial charge in [-0.25, -0.2) is 9.79 Å². The summed E-state index contributed by atoms with van der Waals surface area (Å²) in [4.78, 5) is 39.6. The van der Waals surface area contributed by atoms with E-state index in [4.69, 9.17) is 15.1 Å².